The van der Waals surface area contributed by atoms with E-state index >= 15 is 0 Å². The van der Waals surface area contributed by atoms with Crippen LogP contribution in [0.4, 0.5) is 0 Å². The topological polar surface area (TPSA) is 15.3 Å². The second-order valence-corrected chi connectivity index (χ2v) is 7.66. The Bertz CT molecular complexity index is 427. The number of halogens is 1. The molecule has 1 aliphatic heterocycles. The lowest BCUT2D eigenvalue weighted by atomic mass is 9.90. The van der Waals surface area contributed by atoms with Crippen LogP contribution in [0.5, 0.6) is 0 Å². The highest BCUT2D eigenvalue weighted by molar-refractivity contribution is 9.10. The van der Waals surface area contributed by atoms with Gasteiger partial charge in [0.25, 0.3) is 0 Å². The normalized spacial score (nSPS) is 24.6. The van der Waals surface area contributed by atoms with Crippen LogP contribution >= 0.6 is 15.9 Å². The first kappa shape index (κ1) is 16.0. The maximum Gasteiger partial charge on any atom is 0.0253 e. The molecule has 1 aromatic carbocycles. The number of hydrogen-bond acceptors (Lipinski definition) is 2. The van der Waals surface area contributed by atoms with Gasteiger partial charge in [0.1, 0.15) is 0 Å². The Kier molecular flexibility index (Phi) is 5.27. The summed E-state index contributed by atoms with van der Waals surface area (Å²) in [5.74, 6) is 0.731. The van der Waals surface area contributed by atoms with Crippen LogP contribution in [-0.2, 0) is 6.54 Å². The molecule has 2 atom stereocenters. The maximum absolute atomic E-state index is 3.70. The van der Waals surface area contributed by atoms with Gasteiger partial charge < -0.3 is 5.32 Å². The predicted octanol–water partition coefficient (Wildman–Crippen LogP) is 4.05. The van der Waals surface area contributed by atoms with E-state index in [1.807, 2.05) is 0 Å². The molecule has 0 radical (unpaired) electrons. The van der Waals surface area contributed by atoms with E-state index in [0.717, 1.165) is 30.0 Å². The Morgan fingerprint density at radius 3 is 2.60 bits per heavy atom. The lowest BCUT2D eigenvalue weighted by Crippen LogP contribution is -2.62. The van der Waals surface area contributed by atoms with Gasteiger partial charge in [-0.1, -0.05) is 48.3 Å². The third-order valence-electron chi connectivity index (χ3n) is 4.46. The zero-order valence-corrected chi connectivity index (χ0v) is 14.7. The van der Waals surface area contributed by atoms with Crippen molar-refractivity contribution in [3.8, 4) is 0 Å². The fourth-order valence-corrected chi connectivity index (χ4v) is 3.29. The van der Waals surface area contributed by atoms with Crippen LogP contribution in [-0.4, -0.2) is 29.6 Å². The lowest BCUT2D eigenvalue weighted by molar-refractivity contribution is 0.0571. The highest BCUT2D eigenvalue weighted by Gasteiger charge is 2.34. The molecule has 2 rings (SSSR count). The van der Waals surface area contributed by atoms with Crippen LogP contribution in [0.1, 0.15) is 39.7 Å². The highest BCUT2D eigenvalue weighted by atomic mass is 79.9. The summed E-state index contributed by atoms with van der Waals surface area (Å²) >= 11 is 3.51. The summed E-state index contributed by atoms with van der Waals surface area (Å²) in [5, 5.41) is 3.70. The fraction of sp³-hybridized carbons (Fsp3) is 0.647. The van der Waals surface area contributed by atoms with Crippen LogP contribution in [0, 0.1) is 5.92 Å². The van der Waals surface area contributed by atoms with Crippen molar-refractivity contribution in [3.05, 3.63) is 34.3 Å². The maximum atomic E-state index is 3.70. The van der Waals surface area contributed by atoms with E-state index in [-0.39, 0.29) is 5.54 Å². The van der Waals surface area contributed by atoms with Crippen molar-refractivity contribution >= 4 is 15.9 Å². The molecule has 3 heteroatoms. The quantitative estimate of drug-likeness (QED) is 0.890. The second kappa shape index (κ2) is 6.59. The number of nitrogens with one attached hydrogen (secondary N) is 1. The summed E-state index contributed by atoms with van der Waals surface area (Å²) in [6.07, 6.45) is 1.24. The van der Waals surface area contributed by atoms with Gasteiger partial charge >= 0.3 is 0 Å². The Morgan fingerprint density at radius 2 is 2.00 bits per heavy atom. The standard InChI is InChI=1S/C17H27BrN2/c1-5-13(2)16-10-19-17(3,4)12-20(16)11-14-6-8-15(18)9-7-14/h6-9,13,16,19H,5,10-12H2,1-4H3. The zero-order valence-electron chi connectivity index (χ0n) is 13.1. The molecule has 0 spiro atoms. The van der Waals surface area contributed by atoms with Crippen molar-refractivity contribution < 1.29 is 0 Å². The van der Waals surface area contributed by atoms with Gasteiger partial charge in [0.15, 0.2) is 0 Å². The third kappa shape index (κ3) is 4.06. The Morgan fingerprint density at radius 1 is 1.35 bits per heavy atom. The van der Waals surface area contributed by atoms with Crippen LogP contribution < -0.4 is 5.32 Å². The molecule has 1 saturated heterocycles. The first-order valence-electron chi connectivity index (χ1n) is 7.65. The molecular formula is C17H27BrN2. The van der Waals surface area contributed by atoms with E-state index in [0.29, 0.717) is 6.04 Å². The summed E-state index contributed by atoms with van der Waals surface area (Å²) in [4.78, 5) is 2.66. The molecule has 2 unspecified atom stereocenters. The molecule has 0 aromatic heterocycles. The van der Waals surface area contributed by atoms with Crippen molar-refractivity contribution in [3.63, 3.8) is 0 Å². The molecule has 0 bridgehead atoms. The number of nitrogens with zero attached hydrogens (tertiary/aromatic N) is 1. The van der Waals surface area contributed by atoms with E-state index in [1.54, 1.807) is 0 Å². The minimum absolute atomic E-state index is 0.208. The van der Waals surface area contributed by atoms with Crippen LogP contribution in [0.3, 0.4) is 0 Å². The second-order valence-electron chi connectivity index (χ2n) is 6.75. The zero-order chi connectivity index (χ0) is 14.8. The van der Waals surface area contributed by atoms with Crippen LogP contribution in [0.15, 0.2) is 28.7 Å². The molecule has 112 valence electrons. The van der Waals surface area contributed by atoms with Gasteiger partial charge in [0.05, 0.1) is 0 Å². The summed E-state index contributed by atoms with van der Waals surface area (Å²) in [6.45, 7) is 12.5. The van der Waals surface area contributed by atoms with Gasteiger partial charge in [0.2, 0.25) is 0 Å². The van der Waals surface area contributed by atoms with E-state index in [2.05, 4.69) is 78.1 Å². The molecule has 1 aliphatic rings. The molecule has 0 amide bonds. The van der Waals surface area contributed by atoms with Crippen LogP contribution in [0.2, 0.25) is 0 Å². The van der Waals surface area contributed by atoms with Gasteiger partial charge in [-0.05, 0) is 37.5 Å². The molecule has 1 N–H and O–H groups in total. The number of hydrogen-bond donors (Lipinski definition) is 1. The Balaban J connectivity index is 2.12. The Labute approximate surface area is 132 Å². The number of piperazine rings is 1. The van der Waals surface area contributed by atoms with Gasteiger partial charge in [-0.15, -0.1) is 0 Å². The molecular weight excluding hydrogens is 312 g/mol. The van der Waals surface area contributed by atoms with Crippen molar-refractivity contribution in [1.82, 2.24) is 10.2 Å². The minimum Gasteiger partial charge on any atom is -0.309 e. The molecule has 2 nitrogen and oxygen atoms in total. The third-order valence-corrected chi connectivity index (χ3v) is 4.99. The number of benzene rings is 1. The average molecular weight is 339 g/mol. The first-order valence-corrected chi connectivity index (χ1v) is 8.44. The van der Waals surface area contributed by atoms with E-state index in [4.69, 9.17) is 0 Å². The van der Waals surface area contributed by atoms with Crippen molar-refractivity contribution in [2.75, 3.05) is 13.1 Å². The van der Waals surface area contributed by atoms with Gasteiger partial charge in [0, 0.05) is 35.7 Å². The van der Waals surface area contributed by atoms with Gasteiger partial charge in [-0.3, -0.25) is 4.90 Å². The molecule has 1 aromatic rings. The summed E-state index contributed by atoms with van der Waals surface area (Å²) in [5.41, 5.74) is 1.61. The molecule has 0 saturated carbocycles. The summed E-state index contributed by atoms with van der Waals surface area (Å²) in [7, 11) is 0. The largest absolute Gasteiger partial charge is 0.309 e. The number of rotatable bonds is 4. The summed E-state index contributed by atoms with van der Waals surface area (Å²) < 4.78 is 1.15. The molecule has 1 fully saturated rings. The van der Waals surface area contributed by atoms with Crippen LogP contribution in [0.25, 0.3) is 0 Å². The molecule has 20 heavy (non-hydrogen) atoms. The smallest absolute Gasteiger partial charge is 0.0253 e. The van der Waals surface area contributed by atoms with Gasteiger partial charge in [-0.25, -0.2) is 0 Å². The van der Waals surface area contributed by atoms with Crippen molar-refractivity contribution in [1.29, 1.82) is 0 Å². The average Bonchev–Trinajstić information content (AvgIpc) is 2.40. The first-order chi connectivity index (χ1) is 9.41. The van der Waals surface area contributed by atoms with Crippen molar-refractivity contribution in [2.24, 2.45) is 5.92 Å². The predicted molar refractivity (Wildman–Crippen MR) is 89.9 cm³/mol. The highest BCUT2D eigenvalue weighted by Crippen LogP contribution is 2.24. The lowest BCUT2D eigenvalue weighted by Gasteiger charge is -2.47. The SMILES string of the molecule is CCC(C)C1CNC(C)(C)CN1Cc1ccc(Br)cc1. The van der Waals surface area contributed by atoms with Crippen molar-refractivity contribution in [2.45, 2.75) is 52.2 Å². The monoisotopic (exact) mass is 338 g/mol. The van der Waals surface area contributed by atoms with E-state index in [1.165, 1.54) is 12.0 Å². The Hall–Kier alpha value is -0.380. The van der Waals surface area contributed by atoms with Gasteiger partial charge in [-0.2, -0.15) is 0 Å². The molecule has 1 heterocycles. The van der Waals surface area contributed by atoms with E-state index < -0.39 is 0 Å². The van der Waals surface area contributed by atoms with E-state index in [9.17, 15) is 0 Å². The molecule has 0 aliphatic carbocycles. The minimum atomic E-state index is 0.208. The summed E-state index contributed by atoms with van der Waals surface area (Å²) in [6, 6.07) is 9.37. The fourth-order valence-electron chi connectivity index (χ4n) is 3.02.